The summed E-state index contributed by atoms with van der Waals surface area (Å²) >= 11 is 18.5. The fourth-order valence-corrected chi connectivity index (χ4v) is 5.36. The Morgan fingerprint density at radius 3 is 2.24 bits per heavy atom. The first-order valence-corrected chi connectivity index (χ1v) is 15.0. The van der Waals surface area contributed by atoms with E-state index in [1.807, 2.05) is 13.8 Å². The van der Waals surface area contributed by atoms with Gasteiger partial charge in [-0.1, -0.05) is 53.9 Å². The lowest BCUT2D eigenvalue weighted by molar-refractivity contribution is -0.140. The molecular formula is C26H34Cl3N3O4S. The first kappa shape index (κ1) is 31.2. The summed E-state index contributed by atoms with van der Waals surface area (Å²) < 4.78 is 26.3. The van der Waals surface area contributed by atoms with Crippen LogP contribution in [0, 0.1) is 6.92 Å². The Kier molecular flexibility index (Phi) is 11.6. The zero-order valence-electron chi connectivity index (χ0n) is 21.7. The molecule has 1 N–H and O–H groups in total. The van der Waals surface area contributed by atoms with Crippen molar-refractivity contribution < 1.29 is 18.0 Å². The van der Waals surface area contributed by atoms with Gasteiger partial charge in [-0.25, -0.2) is 8.42 Å². The van der Waals surface area contributed by atoms with E-state index in [4.69, 9.17) is 34.8 Å². The summed E-state index contributed by atoms with van der Waals surface area (Å²) in [4.78, 5) is 27.8. The molecule has 2 rings (SSSR count). The van der Waals surface area contributed by atoms with Gasteiger partial charge in [0.25, 0.3) is 0 Å². The second-order valence-corrected chi connectivity index (χ2v) is 12.3. The molecule has 0 spiro atoms. The van der Waals surface area contributed by atoms with Gasteiger partial charge in [0.05, 0.1) is 11.9 Å². The fourth-order valence-electron chi connectivity index (χ4n) is 3.72. The minimum absolute atomic E-state index is 0.0256. The number of carbonyl (C=O) groups is 2. The van der Waals surface area contributed by atoms with Crippen LogP contribution in [0.1, 0.15) is 51.2 Å². The minimum Gasteiger partial charge on any atom is -0.352 e. The van der Waals surface area contributed by atoms with E-state index in [-0.39, 0.29) is 43.8 Å². The standard InChI is InChI=1S/C26H34Cl3N3O4S/c1-6-18(3)30-26(34)19(4)31(16-20-10-12-21(27)14-23(20)29)25(33)8-7-13-32(37(5,35)36)24-15-22(28)11-9-17(24)2/h9-12,14-15,18-19H,6-8,13,16H2,1-5H3,(H,30,34)/t18-,19+/m1/s1. The molecule has 0 aliphatic carbocycles. The van der Waals surface area contributed by atoms with Crippen molar-refractivity contribution in [1.29, 1.82) is 0 Å². The molecule has 0 fully saturated rings. The molecule has 2 aromatic rings. The van der Waals surface area contributed by atoms with Gasteiger partial charge in [-0.05, 0) is 69.0 Å². The first-order chi connectivity index (χ1) is 17.2. The highest BCUT2D eigenvalue weighted by atomic mass is 35.5. The highest BCUT2D eigenvalue weighted by Gasteiger charge is 2.28. The maximum absolute atomic E-state index is 13.4. The van der Waals surface area contributed by atoms with Gasteiger partial charge in [0.15, 0.2) is 0 Å². The van der Waals surface area contributed by atoms with Crippen LogP contribution in [-0.4, -0.2) is 50.0 Å². The number of hydrogen-bond donors (Lipinski definition) is 1. The smallest absolute Gasteiger partial charge is 0.242 e. The summed E-state index contributed by atoms with van der Waals surface area (Å²) in [5.41, 5.74) is 1.86. The van der Waals surface area contributed by atoms with Crippen molar-refractivity contribution in [2.75, 3.05) is 17.1 Å². The highest BCUT2D eigenvalue weighted by molar-refractivity contribution is 7.92. The van der Waals surface area contributed by atoms with Crippen LogP contribution in [0.3, 0.4) is 0 Å². The van der Waals surface area contributed by atoms with Crippen LogP contribution >= 0.6 is 34.8 Å². The summed E-state index contributed by atoms with van der Waals surface area (Å²) in [6, 6.07) is 9.19. The average Bonchev–Trinajstić information content (AvgIpc) is 2.81. The van der Waals surface area contributed by atoms with E-state index in [9.17, 15) is 18.0 Å². The lowest BCUT2D eigenvalue weighted by atomic mass is 10.1. The topological polar surface area (TPSA) is 86.8 Å². The van der Waals surface area contributed by atoms with E-state index in [1.165, 1.54) is 9.21 Å². The van der Waals surface area contributed by atoms with Gasteiger partial charge in [-0.3, -0.25) is 13.9 Å². The molecule has 2 amide bonds. The number of benzene rings is 2. The molecule has 7 nitrogen and oxygen atoms in total. The molecular weight excluding hydrogens is 557 g/mol. The average molecular weight is 591 g/mol. The van der Waals surface area contributed by atoms with Crippen molar-refractivity contribution in [2.24, 2.45) is 0 Å². The quantitative estimate of drug-likeness (QED) is 0.337. The molecule has 2 atom stereocenters. The number of rotatable bonds is 12. The zero-order chi connectivity index (χ0) is 27.9. The molecule has 0 saturated carbocycles. The minimum atomic E-state index is -3.62. The lowest BCUT2D eigenvalue weighted by Gasteiger charge is -2.30. The van der Waals surface area contributed by atoms with Gasteiger partial charge in [0.2, 0.25) is 21.8 Å². The van der Waals surface area contributed by atoms with Gasteiger partial charge < -0.3 is 10.2 Å². The Morgan fingerprint density at radius 1 is 1.03 bits per heavy atom. The van der Waals surface area contributed by atoms with Crippen molar-refractivity contribution in [3.8, 4) is 0 Å². The van der Waals surface area contributed by atoms with Crippen LogP contribution in [0.2, 0.25) is 15.1 Å². The highest BCUT2D eigenvalue weighted by Crippen LogP contribution is 2.27. The molecule has 0 heterocycles. The van der Waals surface area contributed by atoms with Crippen molar-refractivity contribution in [1.82, 2.24) is 10.2 Å². The molecule has 0 radical (unpaired) electrons. The lowest BCUT2D eigenvalue weighted by Crippen LogP contribution is -2.49. The fraction of sp³-hybridized carbons (Fsp3) is 0.462. The SMILES string of the molecule is CC[C@@H](C)NC(=O)[C@H](C)N(Cc1ccc(Cl)cc1Cl)C(=O)CCCN(c1cc(Cl)ccc1C)S(C)(=O)=O. The van der Waals surface area contributed by atoms with Crippen molar-refractivity contribution in [2.45, 2.75) is 65.6 Å². The molecule has 2 aromatic carbocycles. The van der Waals surface area contributed by atoms with E-state index in [2.05, 4.69) is 5.32 Å². The Bertz CT molecular complexity index is 1220. The van der Waals surface area contributed by atoms with Gasteiger partial charge in [0, 0.05) is 40.6 Å². The van der Waals surface area contributed by atoms with Crippen LogP contribution in [0.4, 0.5) is 5.69 Å². The van der Waals surface area contributed by atoms with Crippen molar-refractivity contribution in [3.63, 3.8) is 0 Å². The third-order valence-electron chi connectivity index (χ3n) is 6.12. The second-order valence-electron chi connectivity index (χ2n) is 9.12. The maximum atomic E-state index is 13.4. The predicted octanol–water partition coefficient (Wildman–Crippen LogP) is 5.83. The summed E-state index contributed by atoms with van der Waals surface area (Å²) in [5, 5.41) is 4.18. The Balaban J connectivity index is 2.24. The van der Waals surface area contributed by atoms with Crippen LogP contribution in [0.5, 0.6) is 0 Å². The summed E-state index contributed by atoms with van der Waals surface area (Å²) in [6.45, 7) is 7.50. The molecule has 204 valence electrons. The number of nitrogens with one attached hydrogen (secondary N) is 1. The van der Waals surface area contributed by atoms with E-state index in [0.29, 0.717) is 26.3 Å². The normalized spacial score (nSPS) is 13.1. The van der Waals surface area contributed by atoms with Gasteiger partial charge >= 0.3 is 0 Å². The number of hydrogen-bond acceptors (Lipinski definition) is 4. The number of carbonyl (C=O) groups excluding carboxylic acids is 2. The van der Waals surface area contributed by atoms with Crippen LogP contribution in [-0.2, 0) is 26.2 Å². The van der Waals surface area contributed by atoms with E-state index >= 15 is 0 Å². The Labute approximate surface area is 235 Å². The first-order valence-electron chi connectivity index (χ1n) is 12.0. The number of anilines is 1. The van der Waals surface area contributed by atoms with Crippen molar-refractivity contribution in [3.05, 3.63) is 62.6 Å². The van der Waals surface area contributed by atoms with E-state index in [0.717, 1.165) is 18.2 Å². The van der Waals surface area contributed by atoms with E-state index < -0.39 is 16.1 Å². The monoisotopic (exact) mass is 589 g/mol. The summed E-state index contributed by atoms with van der Waals surface area (Å²) in [6.07, 6.45) is 2.13. The van der Waals surface area contributed by atoms with Gasteiger partial charge in [-0.2, -0.15) is 0 Å². The van der Waals surface area contributed by atoms with Crippen LogP contribution < -0.4 is 9.62 Å². The summed E-state index contributed by atoms with van der Waals surface area (Å²) in [5.74, 6) is -0.575. The molecule has 0 saturated heterocycles. The number of nitrogens with zero attached hydrogens (tertiary/aromatic N) is 2. The molecule has 0 bridgehead atoms. The zero-order valence-corrected chi connectivity index (χ0v) is 24.8. The molecule has 0 aliphatic rings. The number of amides is 2. The Morgan fingerprint density at radius 2 is 1.65 bits per heavy atom. The van der Waals surface area contributed by atoms with Crippen LogP contribution in [0.25, 0.3) is 0 Å². The third kappa shape index (κ3) is 9.06. The molecule has 0 aliphatic heterocycles. The van der Waals surface area contributed by atoms with E-state index in [1.54, 1.807) is 50.2 Å². The molecule has 0 unspecified atom stereocenters. The van der Waals surface area contributed by atoms with Gasteiger partial charge in [-0.15, -0.1) is 0 Å². The van der Waals surface area contributed by atoms with Crippen LogP contribution in [0.15, 0.2) is 36.4 Å². The molecule has 11 heteroatoms. The van der Waals surface area contributed by atoms with Crippen molar-refractivity contribution >= 4 is 62.3 Å². The number of sulfonamides is 1. The predicted molar refractivity (Wildman–Crippen MR) is 152 cm³/mol. The molecule has 0 aromatic heterocycles. The largest absolute Gasteiger partial charge is 0.352 e. The second kappa shape index (κ2) is 13.7. The molecule has 37 heavy (non-hydrogen) atoms. The number of aryl methyl sites for hydroxylation is 1. The van der Waals surface area contributed by atoms with Gasteiger partial charge in [0.1, 0.15) is 6.04 Å². The number of halogens is 3. The summed E-state index contributed by atoms with van der Waals surface area (Å²) in [7, 11) is -3.62. The maximum Gasteiger partial charge on any atom is 0.242 e. The Hall–Kier alpha value is -2.00. The third-order valence-corrected chi connectivity index (χ3v) is 8.12.